The van der Waals surface area contributed by atoms with Crippen LogP contribution in [0.15, 0.2) is 35.5 Å². The Morgan fingerprint density at radius 1 is 1.26 bits per heavy atom. The van der Waals surface area contributed by atoms with Crippen molar-refractivity contribution in [2.45, 2.75) is 10.9 Å². The first kappa shape index (κ1) is 16.7. The summed E-state index contributed by atoms with van der Waals surface area (Å²) in [4.78, 5) is 9.53. The summed E-state index contributed by atoms with van der Waals surface area (Å²) in [6, 6.07) is 4.25. The molecule has 1 N–H and O–H groups in total. The number of halogens is 2. The van der Waals surface area contributed by atoms with E-state index < -0.39 is 10.0 Å². The molecule has 1 atom stereocenters. The van der Waals surface area contributed by atoms with Crippen LogP contribution < -0.4 is 0 Å². The lowest BCUT2D eigenvalue weighted by Gasteiger charge is -2.37. The van der Waals surface area contributed by atoms with E-state index >= 15 is 0 Å². The molecule has 1 fully saturated rings. The molecule has 6 nitrogen and oxygen atoms in total. The summed E-state index contributed by atoms with van der Waals surface area (Å²) in [6.45, 7) is 1.36. The molecule has 3 rings (SSSR count). The minimum Gasteiger partial charge on any atom is -0.347 e. The number of piperazine rings is 1. The lowest BCUT2D eigenvalue weighted by Crippen LogP contribution is -2.49. The zero-order valence-electron chi connectivity index (χ0n) is 12.4. The summed E-state index contributed by atoms with van der Waals surface area (Å²) >= 11 is 11.8. The number of hydrogen-bond acceptors (Lipinski definition) is 4. The van der Waals surface area contributed by atoms with Crippen LogP contribution in [0.4, 0.5) is 0 Å². The van der Waals surface area contributed by atoms with Crippen LogP contribution in [0.25, 0.3) is 0 Å². The molecule has 9 heteroatoms. The van der Waals surface area contributed by atoms with E-state index in [0.29, 0.717) is 24.7 Å². The molecule has 0 bridgehead atoms. The van der Waals surface area contributed by atoms with Crippen molar-refractivity contribution in [3.8, 4) is 0 Å². The number of aromatic nitrogens is 2. The fourth-order valence-electron chi connectivity index (χ4n) is 2.61. The lowest BCUT2D eigenvalue weighted by atomic mass is 10.2. The van der Waals surface area contributed by atoms with E-state index in [2.05, 4.69) is 14.9 Å². The van der Waals surface area contributed by atoms with Crippen LogP contribution in [0.1, 0.15) is 11.9 Å². The van der Waals surface area contributed by atoms with Gasteiger partial charge in [0.25, 0.3) is 0 Å². The van der Waals surface area contributed by atoms with Crippen LogP contribution in [-0.2, 0) is 10.0 Å². The molecule has 2 heterocycles. The first-order valence-corrected chi connectivity index (χ1v) is 9.24. The van der Waals surface area contributed by atoms with Crippen molar-refractivity contribution in [3.05, 3.63) is 46.5 Å². The third-order valence-electron chi connectivity index (χ3n) is 3.97. The first-order chi connectivity index (χ1) is 10.9. The summed E-state index contributed by atoms with van der Waals surface area (Å²) in [7, 11) is -1.67. The fraction of sp³-hybridized carbons (Fsp3) is 0.357. The Kier molecular flexibility index (Phi) is 4.66. The van der Waals surface area contributed by atoms with Crippen LogP contribution in [0.3, 0.4) is 0 Å². The highest BCUT2D eigenvalue weighted by molar-refractivity contribution is 7.89. The molecule has 0 unspecified atom stereocenters. The monoisotopic (exact) mass is 374 g/mol. The average molecular weight is 375 g/mol. The van der Waals surface area contributed by atoms with Crippen LogP contribution >= 0.6 is 23.2 Å². The van der Waals surface area contributed by atoms with Gasteiger partial charge in [-0.3, -0.25) is 4.90 Å². The molecule has 1 aliphatic heterocycles. The number of sulfonamides is 1. The van der Waals surface area contributed by atoms with Gasteiger partial charge in [-0.1, -0.05) is 23.2 Å². The maximum atomic E-state index is 12.8. The number of H-pyrrole nitrogens is 1. The molecule has 0 saturated carbocycles. The number of rotatable bonds is 3. The SMILES string of the molecule is CN1CCN(S(=O)(=O)c2ccc(Cl)c(Cl)c2)C[C@@H]1c1ncc[nH]1. The molecule has 1 aromatic heterocycles. The topological polar surface area (TPSA) is 69.3 Å². The van der Waals surface area contributed by atoms with Gasteiger partial charge in [-0.25, -0.2) is 13.4 Å². The fourth-order valence-corrected chi connectivity index (χ4v) is 4.44. The average Bonchev–Trinajstić information content (AvgIpc) is 3.04. The van der Waals surface area contributed by atoms with E-state index in [1.807, 2.05) is 7.05 Å². The highest BCUT2D eigenvalue weighted by Gasteiger charge is 2.34. The number of nitrogens with zero attached hydrogens (tertiary/aromatic N) is 3. The second kappa shape index (κ2) is 6.41. The Hall–Kier alpha value is -1.12. The Morgan fingerprint density at radius 3 is 2.70 bits per heavy atom. The molecule has 0 radical (unpaired) electrons. The van der Waals surface area contributed by atoms with Crippen LogP contribution in [0.2, 0.25) is 10.0 Å². The standard InChI is InChI=1S/C14H16Cl2N4O2S/c1-19-6-7-20(9-13(19)14-17-4-5-18-14)23(21,22)10-2-3-11(15)12(16)8-10/h2-5,8,13H,6-7,9H2,1H3,(H,17,18)/t13-/m1/s1. The van der Waals surface area contributed by atoms with E-state index in [0.717, 1.165) is 5.82 Å². The first-order valence-electron chi connectivity index (χ1n) is 7.04. The number of likely N-dealkylation sites (N-methyl/N-ethyl adjacent to an activating group) is 1. The van der Waals surface area contributed by atoms with E-state index in [1.165, 1.54) is 22.5 Å². The van der Waals surface area contributed by atoms with Crippen molar-refractivity contribution >= 4 is 33.2 Å². The molecule has 1 saturated heterocycles. The number of imidazole rings is 1. The van der Waals surface area contributed by atoms with Crippen LogP contribution in [0.5, 0.6) is 0 Å². The predicted molar refractivity (Wildman–Crippen MR) is 89.2 cm³/mol. The van der Waals surface area contributed by atoms with Gasteiger partial charge in [-0.2, -0.15) is 4.31 Å². The molecule has 1 aliphatic rings. The molecular weight excluding hydrogens is 359 g/mol. The third kappa shape index (κ3) is 3.25. The van der Waals surface area contributed by atoms with Crippen LogP contribution in [-0.4, -0.2) is 54.3 Å². The van der Waals surface area contributed by atoms with Gasteiger partial charge in [0.05, 0.1) is 21.0 Å². The molecular formula is C14H16Cl2N4O2S. The highest BCUT2D eigenvalue weighted by atomic mass is 35.5. The Labute approximate surface area is 145 Å². The van der Waals surface area contributed by atoms with E-state index in [-0.39, 0.29) is 16.0 Å². The maximum Gasteiger partial charge on any atom is 0.243 e. The second-order valence-corrected chi connectivity index (χ2v) is 8.16. The van der Waals surface area contributed by atoms with Crippen molar-refractivity contribution in [2.75, 3.05) is 26.7 Å². The molecule has 0 amide bonds. The summed E-state index contributed by atoms with van der Waals surface area (Å²) in [5.41, 5.74) is 0. The quantitative estimate of drug-likeness (QED) is 0.895. The van der Waals surface area contributed by atoms with Gasteiger partial charge in [0.1, 0.15) is 5.82 Å². The third-order valence-corrected chi connectivity index (χ3v) is 6.57. The van der Waals surface area contributed by atoms with Crippen molar-refractivity contribution in [3.63, 3.8) is 0 Å². The van der Waals surface area contributed by atoms with Gasteiger partial charge < -0.3 is 4.98 Å². The molecule has 0 spiro atoms. The van der Waals surface area contributed by atoms with Gasteiger partial charge in [-0.15, -0.1) is 0 Å². The van der Waals surface area contributed by atoms with Crippen LogP contribution in [0, 0.1) is 0 Å². The van der Waals surface area contributed by atoms with Gasteiger partial charge in [0.2, 0.25) is 10.0 Å². The van der Waals surface area contributed by atoms with Crippen molar-refractivity contribution in [2.24, 2.45) is 0 Å². The largest absolute Gasteiger partial charge is 0.347 e. The maximum absolute atomic E-state index is 12.8. The highest BCUT2D eigenvalue weighted by Crippen LogP contribution is 2.29. The predicted octanol–water partition coefficient (Wildman–Crippen LogP) is 2.39. The van der Waals surface area contributed by atoms with Crippen molar-refractivity contribution in [1.29, 1.82) is 0 Å². The summed E-state index contributed by atoms with van der Waals surface area (Å²) in [5, 5.41) is 0.557. The number of nitrogens with one attached hydrogen (secondary N) is 1. The van der Waals surface area contributed by atoms with Crippen molar-refractivity contribution < 1.29 is 8.42 Å². The molecule has 0 aliphatic carbocycles. The minimum absolute atomic E-state index is 0.115. The Balaban J connectivity index is 1.89. The van der Waals surface area contributed by atoms with Gasteiger partial charge in [0, 0.05) is 32.0 Å². The van der Waals surface area contributed by atoms with E-state index in [9.17, 15) is 8.42 Å². The Bertz CT molecular complexity index is 795. The lowest BCUT2D eigenvalue weighted by molar-refractivity contribution is 0.142. The molecule has 23 heavy (non-hydrogen) atoms. The summed E-state index contributed by atoms with van der Waals surface area (Å²) in [5.74, 6) is 0.751. The molecule has 2 aromatic rings. The number of hydrogen-bond donors (Lipinski definition) is 1. The van der Waals surface area contributed by atoms with Gasteiger partial charge >= 0.3 is 0 Å². The second-order valence-electron chi connectivity index (χ2n) is 5.41. The van der Waals surface area contributed by atoms with Crippen molar-refractivity contribution in [1.82, 2.24) is 19.2 Å². The van der Waals surface area contributed by atoms with E-state index in [4.69, 9.17) is 23.2 Å². The molecule has 1 aromatic carbocycles. The minimum atomic E-state index is -3.63. The number of benzene rings is 1. The summed E-state index contributed by atoms with van der Waals surface area (Å²) in [6.07, 6.45) is 3.39. The molecule has 124 valence electrons. The normalized spacial score (nSPS) is 20.7. The Morgan fingerprint density at radius 2 is 2.04 bits per heavy atom. The summed E-state index contributed by atoms with van der Waals surface area (Å²) < 4.78 is 27.2. The van der Waals surface area contributed by atoms with E-state index in [1.54, 1.807) is 12.4 Å². The smallest absolute Gasteiger partial charge is 0.243 e. The van der Waals surface area contributed by atoms with Gasteiger partial charge in [-0.05, 0) is 25.2 Å². The van der Waals surface area contributed by atoms with Gasteiger partial charge in [0.15, 0.2) is 0 Å². The zero-order valence-corrected chi connectivity index (χ0v) is 14.7. The number of aromatic amines is 1. The zero-order chi connectivity index (χ0) is 16.6.